The van der Waals surface area contributed by atoms with Crippen LogP contribution in [0.25, 0.3) is 0 Å². The van der Waals surface area contributed by atoms with Gasteiger partial charge in [-0.3, -0.25) is 0 Å². The molecule has 0 spiro atoms. The lowest BCUT2D eigenvalue weighted by molar-refractivity contribution is 0.392. The first-order valence-corrected chi connectivity index (χ1v) is 8.18. The third-order valence-corrected chi connectivity index (χ3v) is 4.75. The Morgan fingerprint density at radius 2 is 1.95 bits per heavy atom. The SMILES string of the molecule is CCNS(=O)(=O)c1ccccc1NCc1c(C)noc1C. The lowest BCUT2D eigenvalue weighted by Gasteiger charge is -2.12. The number of nitrogens with zero attached hydrogens (tertiary/aromatic N) is 1. The lowest BCUT2D eigenvalue weighted by Crippen LogP contribution is -2.24. The Balaban J connectivity index is 2.26. The average Bonchev–Trinajstić information content (AvgIpc) is 2.76. The predicted molar refractivity (Wildman–Crippen MR) is 80.6 cm³/mol. The zero-order valence-electron chi connectivity index (χ0n) is 12.3. The molecule has 114 valence electrons. The molecule has 0 saturated carbocycles. The fourth-order valence-corrected chi connectivity index (χ4v) is 3.28. The zero-order valence-corrected chi connectivity index (χ0v) is 13.1. The number of hydrogen-bond donors (Lipinski definition) is 2. The highest BCUT2D eigenvalue weighted by atomic mass is 32.2. The van der Waals surface area contributed by atoms with Gasteiger partial charge in [-0.1, -0.05) is 24.2 Å². The van der Waals surface area contributed by atoms with Crippen LogP contribution >= 0.6 is 0 Å². The molecule has 6 nitrogen and oxygen atoms in total. The summed E-state index contributed by atoms with van der Waals surface area (Å²) in [5, 5.41) is 7.03. The summed E-state index contributed by atoms with van der Waals surface area (Å²) in [6.45, 7) is 6.24. The fourth-order valence-electron chi connectivity index (χ4n) is 2.05. The summed E-state index contributed by atoms with van der Waals surface area (Å²) in [7, 11) is -3.50. The topological polar surface area (TPSA) is 84.2 Å². The van der Waals surface area contributed by atoms with Crippen LogP contribution in [-0.2, 0) is 16.6 Å². The molecule has 0 saturated heterocycles. The minimum atomic E-state index is -3.50. The van der Waals surface area contributed by atoms with Gasteiger partial charge < -0.3 is 9.84 Å². The van der Waals surface area contributed by atoms with E-state index in [0.717, 1.165) is 17.0 Å². The Hall–Kier alpha value is -1.86. The van der Waals surface area contributed by atoms with Crippen molar-refractivity contribution in [3.63, 3.8) is 0 Å². The first-order chi connectivity index (χ1) is 9.95. The average molecular weight is 309 g/mol. The highest BCUT2D eigenvalue weighted by molar-refractivity contribution is 7.89. The summed E-state index contributed by atoms with van der Waals surface area (Å²) >= 11 is 0. The van der Waals surface area contributed by atoms with Gasteiger partial charge in [0.2, 0.25) is 10.0 Å². The molecule has 21 heavy (non-hydrogen) atoms. The third-order valence-electron chi connectivity index (χ3n) is 3.15. The molecule has 0 bridgehead atoms. The molecule has 0 aliphatic carbocycles. The minimum absolute atomic E-state index is 0.235. The van der Waals surface area contributed by atoms with E-state index >= 15 is 0 Å². The van der Waals surface area contributed by atoms with Crippen molar-refractivity contribution in [1.29, 1.82) is 0 Å². The van der Waals surface area contributed by atoms with Gasteiger partial charge in [0.05, 0.1) is 11.4 Å². The van der Waals surface area contributed by atoms with Crippen molar-refractivity contribution in [3.8, 4) is 0 Å². The van der Waals surface area contributed by atoms with Gasteiger partial charge in [0.25, 0.3) is 0 Å². The number of rotatable bonds is 6. The highest BCUT2D eigenvalue weighted by Gasteiger charge is 2.17. The van der Waals surface area contributed by atoms with Crippen LogP contribution in [0.3, 0.4) is 0 Å². The molecule has 1 aromatic heterocycles. The second-order valence-corrected chi connectivity index (χ2v) is 6.39. The number of anilines is 1. The molecule has 0 unspecified atom stereocenters. The molecule has 0 radical (unpaired) electrons. The van der Waals surface area contributed by atoms with Crippen molar-refractivity contribution in [2.45, 2.75) is 32.2 Å². The Bertz CT molecular complexity index is 703. The molecule has 1 heterocycles. The molecule has 0 amide bonds. The van der Waals surface area contributed by atoms with Crippen molar-refractivity contribution in [3.05, 3.63) is 41.3 Å². The maximum absolute atomic E-state index is 12.2. The van der Waals surface area contributed by atoms with Crippen LogP contribution in [0.1, 0.15) is 23.9 Å². The number of sulfonamides is 1. The van der Waals surface area contributed by atoms with Crippen LogP contribution in [-0.4, -0.2) is 20.1 Å². The second kappa shape index (κ2) is 6.28. The zero-order chi connectivity index (χ0) is 15.5. The summed E-state index contributed by atoms with van der Waals surface area (Å²) in [6, 6.07) is 6.81. The van der Waals surface area contributed by atoms with E-state index in [0.29, 0.717) is 18.8 Å². The first kappa shape index (κ1) is 15.5. The lowest BCUT2D eigenvalue weighted by atomic mass is 10.2. The van der Waals surface area contributed by atoms with Gasteiger partial charge in [-0.2, -0.15) is 0 Å². The summed E-state index contributed by atoms with van der Waals surface area (Å²) < 4.78 is 31.9. The summed E-state index contributed by atoms with van der Waals surface area (Å²) in [5.74, 6) is 0.729. The van der Waals surface area contributed by atoms with Crippen LogP contribution in [0.5, 0.6) is 0 Å². The van der Waals surface area contributed by atoms with Gasteiger partial charge in [-0.15, -0.1) is 0 Å². The van der Waals surface area contributed by atoms with Crippen LogP contribution in [0, 0.1) is 13.8 Å². The van der Waals surface area contributed by atoms with Crippen LogP contribution in [0.15, 0.2) is 33.7 Å². The Kier molecular flexibility index (Phi) is 4.64. The quantitative estimate of drug-likeness (QED) is 0.854. The maximum atomic E-state index is 12.2. The number of aromatic nitrogens is 1. The molecule has 7 heteroatoms. The molecular formula is C14H19N3O3S. The fraction of sp³-hybridized carbons (Fsp3) is 0.357. The number of hydrogen-bond acceptors (Lipinski definition) is 5. The molecular weight excluding hydrogens is 290 g/mol. The number of para-hydroxylation sites is 1. The van der Waals surface area contributed by atoms with Gasteiger partial charge in [0.15, 0.2) is 0 Å². The summed E-state index contributed by atoms with van der Waals surface area (Å²) in [5.41, 5.74) is 2.29. The van der Waals surface area contributed by atoms with E-state index in [4.69, 9.17) is 4.52 Å². The van der Waals surface area contributed by atoms with Gasteiger partial charge in [0.1, 0.15) is 10.7 Å². The van der Waals surface area contributed by atoms with Gasteiger partial charge in [-0.05, 0) is 26.0 Å². The molecule has 0 aliphatic rings. The van der Waals surface area contributed by atoms with Gasteiger partial charge in [-0.25, -0.2) is 13.1 Å². The van der Waals surface area contributed by atoms with E-state index in [2.05, 4.69) is 15.2 Å². The molecule has 0 fully saturated rings. The molecule has 0 atom stereocenters. The van der Waals surface area contributed by atoms with E-state index in [1.165, 1.54) is 0 Å². The normalized spacial score (nSPS) is 11.6. The van der Waals surface area contributed by atoms with Crippen molar-refractivity contribution >= 4 is 15.7 Å². The highest BCUT2D eigenvalue weighted by Crippen LogP contribution is 2.22. The predicted octanol–water partition coefficient (Wildman–Crippen LogP) is 2.20. The maximum Gasteiger partial charge on any atom is 0.242 e. The van der Waals surface area contributed by atoms with Crippen molar-refractivity contribution < 1.29 is 12.9 Å². The largest absolute Gasteiger partial charge is 0.380 e. The van der Waals surface area contributed by atoms with Crippen molar-refractivity contribution in [1.82, 2.24) is 9.88 Å². The van der Waals surface area contributed by atoms with Crippen LogP contribution in [0.2, 0.25) is 0 Å². The minimum Gasteiger partial charge on any atom is -0.380 e. The summed E-state index contributed by atoms with van der Waals surface area (Å²) in [6.07, 6.45) is 0. The van der Waals surface area contributed by atoms with Crippen molar-refractivity contribution in [2.24, 2.45) is 0 Å². The van der Waals surface area contributed by atoms with E-state index in [-0.39, 0.29) is 4.90 Å². The molecule has 2 N–H and O–H groups in total. The van der Waals surface area contributed by atoms with E-state index in [9.17, 15) is 8.42 Å². The molecule has 0 aliphatic heterocycles. The van der Waals surface area contributed by atoms with Crippen LogP contribution < -0.4 is 10.0 Å². The summed E-state index contributed by atoms with van der Waals surface area (Å²) in [4.78, 5) is 0.235. The molecule has 2 rings (SSSR count). The number of nitrogens with one attached hydrogen (secondary N) is 2. The van der Waals surface area contributed by atoms with E-state index in [1.54, 1.807) is 31.2 Å². The molecule has 2 aromatic rings. The van der Waals surface area contributed by atoms with Crippen LogP contribution in [0.4, 0.5) is 5.69 Å². The molecule has 1 aromatic carbocycles. The Labute approximate surface area is 124 Å². The monoisotopic (exact) mass is 309 g/mol. The Morgan fingerprint density at radius 1 is 1.24 bits per heavy atom. The van der Waals surface area contributed by atoms with E-state index < -0.39 is 10.0 Å². The van der Waals surface area contributed by atoms with Crippen molar-refractivity contribution in [2.75, 3.05) is 11.9 Å². The third kappa shape index (κ3) is 3.43. The smallest absolute Gasteiger partial charge is 0.242 e. The second-order valence-electron chi connectivity index (χ2n) is 4.65. The van der Waals surface area contributed by atoms with Gasteiger partial charge in [0, 0.05) is 18.7 Å². The number of benzene rings is 1. The Morgan fingerprint density at radius 3 is 2.57 bits per heavy atom. The standard InChI is InChI=1S/C14H19N3O3S/c1-4-16-21(18,19)14-8-6-5-7-13(14)15-9-12-10(2)17-20-11(12)3/h5-8,15-16H,4,9H2,1-3H3. The van der Waals surface area contributed by atoms with Gasteiger partial charge >= 0.3 is 0 Å². The number of aryl methyl sites for hydroxylation is 2. The van der Waals surface area contributed by atoms with E-state index in [1.807, 2.05) is 13.8 Å². The first-order valence-electron chi connectivity index (χ1n) is 6.70.